The van der Waals surface area contributed by atoms with Crippen LogP contribution in [0.5, 0.6) is 0 Å². The Morgan fingerprint density at radius 3 is 2.58 bits per heavy atom. The van der Waals surface area contributed by atoms with Crippen molar-refractivity contribution in [1.82, 2.24) is 4.90 Å². The van der Waals surface area contributed by atoms with E-state index >= 15 is 0 Å². The fourth-order valence-electron chi connectivity index (χ4n) is 5.02. The highest BCUT2D eigenvalue weighted by Gasteiger charge is 2.42. The summed E-state index contributed by atoms with van der Waals surface area (Å²) >= 11 is 0. The van der Waals surface area contributed by atoms with E-state index in [-0.39, 0.29) is 42.2 Å². The van der Waals surface area contributed by atoms with Crippen molar-refractivity contribution in [3.63, 3.8) is 0 Å². The van der Waals surface area contributed by atoms with Gasteiger partial charge in [0.05, 0.1) is 13.2 Å². The first-order valence-corrected chi connectivity index (χ1v) is 9.54. The average Bonchev–Trinajstić information content (AvgIpc) is 2.61. The fourth-order valence-corrected chi connectivity index (χ4v) is 5.02. The van der Waals surface area contributed by atoms with Gasteiger partial charge < -0.3 is 15.4 Å². The zero-order valence-electron chi connectivity index (χ0n) is 15.0. The number of benzene rings is 1. The van der Waals surface area contributed by atoms with E-state index in [1.165, 1.54) is 12.5 Å². The minimum atomic E-state index is -0.371. The van der Waals surface area contributed by atoms with Gasteiger partial charge in [-0.3, -0.25) is 4.79 Å². The number of hydrogen-bond acceptors (Lipinski definition) is 3. The third-order valence-corrected chi connectivity index (χ3v) is 6.39. The first-order chi connectivity index (χ1) is 12.1. The van der Waals surface area contributed by atoms with Crippen LogP contribution in [0.25, 0.3) is 0 Å². The zero-order chi connectivity index (χ0) is 17.4. The molecule has 144 valence electrons. The van der Waals surface area contributed by atoms with Crippen molar-refractivity contribution in [3.8, 4) is 0 Å². The number of fused-ring (bicyclic) bond motifs is 2. The van der Waals surface area contributed by atoms with Crippen molar-refractivity contribution in [2.24, 2.45) is 23.5 Å². The number of carbonyl (C=O) groups excluding carboxylic acids is 1. The van der Waals surface area contributed by atoms with Crippen LogP contribution in [0.1, 0.15) is 43.8 Å². The molecule has 4 rings (SSSR count). The number of halogens is 2. The van der Waals surface area contributed by atoms with E-state index in [1.54, 1.807) is 12.1 Å². The maximum Gasteiger partial charge on any atom is 0.225 e. The number of nitrogens with two attached hydrogens (primary N) is 1. The van der Waals surface area contributed by atoms with Crippen LogP contribution < -0.4 is 5.73 Å². The van der Waals surface area contributed by atoms with Gasteiger partial charge in [-0.05, 0) is 43.6 Å². The second kappa shape index (κ2) is 8.24. The summed E-state index contributed by atoms with van der Waals surface area (Å²) < 4.78 is 19.8. The number of rotatable bonds is 2. The Kier molecular flexibility index (Phi) is 6.21. The van der Waals surface area contributed by atoms with Crippen molar-refractivity contribution < 1.29 is 13.9 Å². The molecule has 1 heterocycles. The Bertz CT molecular complexity index is 630. The molecule has 3 aliphatic rings. The van der Waals surface area contributed by atoms with Gasteiger partial charge in [0.1, 0.15) is 11.9 Å². The van der Waals surface area contributed by atoms with E-state index in [9.17, 15) is 9.18 Å². The molecule has 2 N–H and O–H groups in total. The monoisotopic (exact) mass is 382 g/mol. The molecular formula is C20H28ClFN2O2. The third-order valence-electron chi connectivity index (χ3n) is 6.39. The Morgan fingerprint density at radius 2 is 1.88 bits per heavy atom. The second-order valence-electron chi connectivity index (χ2n) is 7.86. The van der Waals surface area contributed by atoms with Crippen LogP contribution in [-0.4, -0.2) is 36.5 Å². The fraction of sp³-hybridized carbons (Fsp3) is 0.650. The van der Waals surface area contributed by atoms with Gasteiger partial charge in [0.2, 0.25) is 5.91 Å². The van der Waals surface area contributed by atoms with Crippen LogP contribution in [0, 0.1) is 23.6 Å². The van der Waals surface area contributed by atoms with Gasteiger partial charge in [-0.1, -0.05) is 24.6 Å². The highest BCUT2D eigenvalue weighted by atomic mass is 35.5. The first kappa shape index (κ1) is 19.6. The van der Waals surface area contributed by atoms with Gasteiger partial charge in [-0.2, -0.15) is 0 Å². The summed E-state index contributed by atoms with van der Waals surface area (Å²) in [6.07, 6.45) is 5.02. The van der Waals surface area contributed by atoms with Crippen molar-refractivity contribution >= 4 is 18.3 Å². The number of morpholine rings is 1. The molecule has 0 radical (unpaired) electrons. The number of nitrogens with zero attached hydrogens (tertiary/aromatic N) is 1. The number of ether oxygens (including phenoxy) is 1. The predicted molar refractivity (Wildman–Crippen MR) is 100 cm³/mol. The molecule has 2 aliphatic carbocycles. The van der Waals surface area contributed by atoms with Crippen LogP contribution >= 0.6 is 12.4 Å². The number of hydrogen-bond donors (Lipinski definition) is 1. The lowest BCUT2D eigenvalue weighted by Crippen LogP contribution is -2.51. The topological polar surface area (TPSA) is 55.6 Å². The van der Waals surface area contributed by atoms with E-state index in [4.69, 9.17) is 10.5 Å². The maximum absolute atomic E-state index is 14.1. The molecule has 26 heavy (non-hydrogen) atoms. The molecule has 0 aromatic heterocycles. The van der Waals surface area contributed by atoms with Crippen LogP contribution in [0.4, 0.5) is 4.39 Å². The summed E-state index contributed by atoms with van der Waals surface area (Å²) in [5.41, 5.74) is 6.90. The smallest absolute Gasteiger partial charge is 0.225 e. The first-order valence-electron chi connectivity index (χ1n) is 9.54. The summed E-state index contributed by atoms with van der Waals surface area (Å²) in [5.74, 6) is 1.01. The van der Waals surface area contributed by atoms with Crippen molar-refractivity contribution in [2.75, 3.05) is 19.7 Å². The molecule has 1 aromatic carbocycles. The standard InChI is InChI=1S/C20H27FN2O2.ClH/c21-17-7-2-1-6-16(17)18-12-23(8-9-25-18)20(24)15-10-13-4-3-5-14(11-15)19(13)22;/h1-2,6-7,13-15,18-19H,3-5,8-12,22H2;1H. The largest absolute Gasteiger partial charge is 0.370 e. The molecule has 3 unspecified atom stereocenters. The zero-order valence-corrected chi connectivity index (χ0v) is 15.8. The Morgan fingerprint density at radius 1 is 1.19 bits per heavy atom. The van der Waals surface area contributed by atoms with Crippen LogP contribution in [0.2, 0.25) is 0 Å². The summed E-state index contributed by atoms with van der Waals surface area (Å²) in [5, 5.41) is 0. The van der Waals surface area contributed by atoms with Crippen LogP contribution in [0.15, 0.2) is 24.3 Å². The molecule has 1 amide bonds. The highest BCUT2D eigenvalue weighted by Crippen LogP contribution is 2.42. The van der Waals surface area contributed by atoms with E-state index in [1.807, 2.05) is 11.0 Å². The van der Waals surface area contributed by atoms with Crippen molar-refractivity contribution in [2.45, 2.75) is 44.2 Å². The quantitative estimate of drug-likeness (QED) is 0.853. The lowest BCUT2D eigenvalue weighted by Gasteiger charge is -2.45. The van der Waals surface area contributed by atoms with Crippen molar-refractivity contribution in [3.05, 3.63) is 35.6 Å². The van der Waals surface area contributed by atoms with Crippen LogP contribution in [-0.2, 0) is 9.53 Å². The number of amides is 1. The molecule has 1 saturated heterocycles. The molecule has 3 atom stereocenters. The van der Waals surface area contributed by atoms with E-state index < -0.39 is 0 Å². The predicted octanol–water partition coefficient (Wildman–Crippen LogP) is 3.30. The van der Waals surface area contributed by atoms with E-state index in [0.717, 1.165) is 25.7 Å². The molecule has 1 aliphatic heterocycles. The Balaban J connectivity index is 0.00000196. The van der Waals surface area contributed by atoms with Gasteiger partial charge in [0.15, 0.2) is 0 Å². The molecule has 1 aromatic rings. The van der Waals surface area contributed by atoms with Gasteiger partial charge in [-0.25, -0.2) is 4.39 Å². The maximum atomic E-state index is 14.1. The normalized spacial score (nSPS) is 34.1. The van der Waals surface area contributed by atoms with Gasteiger partial charge in [0, 0.05) is 24.1 Å². The lowest BCUT2D eigenvalue weighted by atomic mass is 9.65. The summed E-state index contributed by atoms with van der Waals surface area (Å²) in [6, 6.07) is 6.95. The molecule has 2 saturated carbocycles. The van der Waals surface area contributed by atoms with Crippen LogP contribution in [0.3, 0.4) is 0 Å². The van der Waals surface area contributed by atoms with Crippen molar-refractivity contribution in [1.29, 1.82) is 0 Å². The average molecular weight is 383 g/mol. The lowest BCUT2D eigenvalue weighted by molar-refractivity contribution is -0.146. The Hall–Kier alpha value is -1.17. The molecule has 3 fully saturated rings. The molecular weight excluding hydrogens is 355 g/mol. The Labute approximate surface area is 160 Å². The SMILES string of the molecule is Cl.NC1C2CCCC1CC(C(=O)N1CCOC(c3ccccc3F)C1)C2. The molecule has 4 nitrogen and oxygen atoms in total. The summed E-state index contributed by atoms with van der Waals surface area (Å²) in [7, 11) is 0. The summed E-state index contributed by atoms with van der Waals surface area (Å²) in [6.45, 7) is 1.50. The molecule has 2 bridgehead atoms. The second-order valence-corrected chi connectivity index (χ2v) is 7.86. The minimum Gasteiger partial charge on any atom is -0.370 e. The van der Waals surface area contributed by atoms with Gasteiger partial charge in [0.25, 0.3) is 0 Å². The molecule has 6 heteroatoms. The number of carbonyl (C=O) groups is 1. The summed E-state index contributed by atoms with van der Waals surface area (Å²) in [4.78, 5) is 15.0. The third kappa shape index (κ3) is 3.75. The van der Waals surface area contributed by atoms with E-state index in [0.29, 0.717) is 37.1 Å². The minimum absolute atomic E-state index is 0. The van der Waals surface area contributed by atoms with Gasteiger partial charge in [-0.15, -0.1) is 12.4 Å². The van der Waals surface area contributed by atoms with Gasteiger partial charge >= 0.3 is 0 Å². The van der Waals surface area contributed by atoms with E-state index in [2.05, 4.69) is 0 Å². The molecule has 0 spiro atoms. The highest BCUT2D eigenvalue weighted by molar-refractivity contribution is 5.85.